The van der Waals surface area contributed by atoms with Gasteiger partial charge in [-0.3, -0.25) is 4.79 Å². The number of rotatable bonds is 2. The second kappa shape index (κ2) is 3.83. The Morgan fingerprint density at radius 1 is 1.44 bits per heavy atom. The molecule has 0 spiro atoms. The fourth-order valence-electron chi connectivity index (χ4n) is 2.58. The Labute approximate surface area is 106 Å². The lowest BCUT2D eigenvalue weighted by atomic mass is 9.89. The minimum Gasteiger partial charge on any atom is -0.496 e. The van der Waals surface area contributed by atoms with Gasteiger partial charge in [-0.05, 0) is 30.5 Å². The zero-order valence-corrected chi connectivity index (χ0v) is 11.0. The second-order valence-electron chi connectivity index (χ2n) is 5.32. The molecule has 0 unspecified atom stereocenters. The number of fused-ring (bicyclic) bond motifs is 1. The molecular weight excluding hydrogens is 232 g/mol. The number of Topliss-reactive ketones (excluding diaryl/α,β-unsaturated/α-hetero) is 1. The summed E-state index contributed by atoms with van der Waals surface area (Å²) in [6, 6.07) is 1.58. The Kier molecular flexibility index (Phi) is 2.69. The van der Waals surface area contributed by atoms with E-state index in [1.54, 1.807) is 13.0 Å². The number of carbonyl (C=O) groups excluding carboxylic acids is 1. The summed E-state index contributed by atoms with van der Waals surface area (Å²) >= 11 is 0. The first-order valence-electron chi connectivity index (χ1n) is 5.78. The third-order valence-electron chi connectivity index (χ3n) is 3.47. The van der Waals surface area contributed by atoms with Gasteiger partial charge >= 0.3 is 5.97 Å². The Morgan fingerprint density at radius 2 is 2.06 bits per heavy atom. The topological polar surface area (TPSA) is 63.6 Å². The van der Waals surface area contributed by atoms with E-state index in [9.17, 15) is 14.7 Å². The molecular formula is C14H16O4. The molecule has 0 amide bonds. The number of carbonyl (C=O) groups is 2. The van der Waals surface area contributed by atoms with Crippen molar-refractivity contribution in [3.63, 3.8) is 0 Å². The number of ether oxygens (including phenoxy) is 1. The monoisotopic (exact) mass is 248 g/mol. The molecule has 96 valence electrons. The van der Waals surface area contributed by atoms with E-state index in [-0.39, 0.29) is 11.3 Å². The number of aromatic carboxylic acids is 1. The van der Waals surface area contributed by atoms with Crippen LogP contribution in [-0.4, -0.2) is 24.0 Å². The van der Waals surface area contributed by atoms with Gasteiger partial charge in [0.15, 0.2) is 5.78 Å². The van der Waals surface area contributed by atoms with Crippen LogP contribution in [0.5, 0.6) is 5.75 Å². The SMILES string of the molecule is COc1c(C)cc(C(=O)O)c2c1C(=O)C(C)(C)C2. The van der Waals surface area contributed by atoms with Crippen molar-refractivity contribution in [2.75, 3.05) is 7.11 Å². The van der Waals surface area contributed by atoms with Crippen molar-refractivity contribution in [2.24, 2.45) is 5.41 Å². The first kappa shape index (κ1) is 12.6. The molecule has 0 aliphatic heterocycles. The summed E-state index contributed by atoms with van der Waals surface area (Å²) in [5, 5.41) is 9.24. The average Bonchev–Trinajstić information content (AvgIpc) is 2.50. The van der Waals surface area contributed by atoms with Crippen LogP contribution in [0.3, 0.4) is 0 Å². The van der Waals surface area contributed by atoms with Crippen LogP contribution in [0.2, 0.25) is 0 Å². The van der Waals surface area contributed by atoms with E-state index in [0.29, 0.717) is 28.9 Å². The molecule has 0 radical (unpaired) electrons. The predicted molar refractivity (Wildman–Crippen MR) is 66.5 cm³/mol. The highest BCUT2D eigenvalue weighted by Gasteiger charge is 2.42. The predicted octanol–water partition coefficient (Wildman–Crippen LogP) is 2.47. The van der Waals surface area contributed by atoms with E-state index in [0.717, 1.165) is 0 Å². The Balaban J connectivity index is 2.80. The molecule has 0 bridgehead atoms. The standard InChI is InChI=1S/C14H16O4/c1-7-5-8(13(16)17)9-6-14(2,3)12(15)10(9)11(7)18-4/h5H,6H2,1-4H3,(H,16,17). The quantitative estimate of drug-likeness (QED) is 0.873. The minimum absolute atomic E-state index is 0.0412. The summed E-state index contributed by atoms with van der Waals surface area (Å²) in [5.74, 6) is -0.534. The normalized spacial score (nSPS) is 16.6. The van der Waals surface area contributed by atoms with Crippen molar-refractivity contribution in [1.82, 2.24) is 0 Å². The fourth-order valence-corrected chi connectivity index (χ4v) is 2.58. The van der Waals surface area contributed by atoms with Gasteiger partial charge in [-0.25, -0.2) is 4.79 Å². The van der Waals surface area contributed by atoms with Gasteiger partial charge < -0.3 is 9.84 Å². The molecule has 1 N–H and O–H groups in total. The van der Waals surface area contributed by atoms with Crippen molar-refractivity contribution in [1.29, 1.82) is 0 Å². The molecule has 1 aliphatic rings. The minimum atomic E-state index is -0.998. The van der Waals surface area contributed by atoms with Gasteiger partial charge in [0.1, 0.15) is 5.75 Å². The summed E-state index contributed by atoms with van der Waals surface area (Å²) in [6.07, 6.45) is 0.444. The van der Waals surface area contributed by atoms with E-state index in [1.807, 2.05) is 13.8 Å². The van der Waals surface area contributed by atoms with Gasteiger partial charge in [-0.15, -0.1) is 0 Å². The van der Waals surface area contributed by atoms with Gasteiger partial charge in [-0.2, -0.15) is 0 Å². The van der Waals surface area contributed by atoms with Crippen LogP contribution < -0.4 is 4.74 Å². The second-order valence-corrected chi connectivity index (χ2v) is 5.32. The highest BCUT2D eigenvalue weighted by molar-refractivity contribution is 6.09. The van der Waals surface area contributed by atoms with E-state index < -0.39 is 11.4 Å². The number of carboxylic acid groups (broad SMARTS) is 1. The Bertz CT molecular complexity index is 555. The molecule has 0 fully saturated rings. The average molecular weight is 248 g/mol. The molecule has 1 aromatic rings. The van der Waals surface area contributed by atoms with E-state index in [2.05, 4.69) is 0 Å². The largest absolute Gasteiger partial charge is 0.496 e. The summed E-state index contributed by atoms with van der Waals surface area (Å²) in [6.45, 7) is 5.41. The lowest BCUT2D eigenvalue weighted by Crippen LogP contribution is -2.19. The van der Waals surface area contributed by atoms with Crippen molar-refractivity contribution in [3.8, 4) is 5.75 Å². The van der Waals surface area contributed by atoms with Gasteiger partial charge in [-0.1, -0.05) is 13.8 Å². The molecule has 0 saturated heterocycles. The first-order valence-corrected chi connectivity index (χ1v) is 5.78. The van der Waals surface area contributed by atoms with Gasteiger partial charge in [0.2, 0.25) is 0 Å². The van der Waals surface area contributed by atoms with Crippen molar-refractivity contribution >= 4 is 11.8 Å². The lowest BCUT2D eigenvalue weighted by molar-refractivity contribution is 0.0694. The summed E-state index contributed by atoms with van der Waals surface area (Å²) < 4.78 is 5.27. The maximum atomic E-state index is 12.4. The van der Waals surface area contributed by atoms with Crippen LogP contribution in [0, 0.1) is 12.3 Å². The molecule has 0 heterocycles. The third kappa shape index (κ3) is 1.60. The number of ketones is 1. The van der Waals surface area contributed by atoms with Crippen molar-refractivity contribution < 1.29 is 19.4 Å². The molecule has 4 nitrogen and oxygen atoms in total. The van der Waals surface area contributed by atoms with Crippen LogP contribution in [-0.2, 0) is 6.42 Å². The molecule has 4 heteroatoms. The van der Waals surface area contributed by atoms with Crippen molar-refractivity contribution in [2.45, 2.75) is 27.2 Å². The van der Waals surface area contributed by atoms with E-state index >= 15 is 0 Å². The summed E-state index contributed by atoms with van der Waals surface area (Å²) in [4.78, 5) is 23.6. The van der Waals surface area contributed by atoms with E-state index in [1.165, 1.54) is 7.11 Å². The van der Waals surface area contributed by atoms with E-state index in [4.69, 9.17) is 4.74 Å². The molecule has 0 aromatic heterocycles. The molecule has 1 aromatic carbocycles. The molecule has 0 saturated carbocycles. The molecule has 2 rings (SSSR count). The van der Waals surface area contributed by atoms with Gasteiger partial charge in [0.05, 0.1) is 18.2 Å². The maximum Gasteiger partial charge on any atom is 0.336 e. The first-order chi connectivity index (χ1) is 8.29. The Hall–Kier alpha value is -1.84. The van der Waals surface area contributed by atoms with Crippen LogP contribution in [0.15, 0.2) is 6.07 Å². The fraction of sp³-hybridized carbons (Fsp3) is 0.429. The third-order valence-corrected chi connectivity index (χ3v) is 3.47. The van der Waals surface area contributed by atoms with Gasteiger partial charge in [0, 0.05) is 5.41 Å². The number of aryl methyl sites for hydroxylation is 1. The molecule has 1 aliphatic carbocycles. The van der Waals surface area contributed by atoms with Crippen LogP contribution >= 0.6 is 0 Å². The zero-order valence-electron chi connectivity index (χ0n) is 11.0. The number of carboxylic acids is 1. The molecule has 18 heavy (non-hydrogen) atoms. The smallest absolute Gasteiger partial charge is 0.336 e. The molecule has 0 atom stereocenters. The number of methoxy groups -OCH3 is 1. The lowest BCUT2D eigenvalue weighted by Gasteiger charge is -2.14. The summed E-state index contributed by atoms with van der Waals surface area (Å²) in [7, 11) is 1.50. The van der Waals surface area contributed by atoms with Crippen LogP contribution in [0.1, 0.15) is 45.7 Å². The van der Waals surface area contributed by atoms with Crippen molar-refractivity contribution in [3.05, 3.63) is 28.3 Å². The maximum absolute atomic E-state index is 12.4. The highest BCUT2D eigenvalue weighted by atomic mass is 16.5. The summed E-state index contributed by atoms with van der Waals surface area (Å²) in [5.41, 5.74) is 1.37. The van der Waals surface area contributed by atoms with Crippen LogP contribution in [0.4, 0.5) is 0 Å². The highest BCUT2D eigenvalue weighted by Crippen LogP contribution is 2.43. The number of hydrogen-bond acceptors (Lipinski definition) is 3. The zero-order chi connectivity index (χ0) is 13.7. The number of hydrogen-bond donors (Lipinski definition) is 1. The van der Waals surface area contributed by atoms with Crippen LogP contribution in [0.25, 0.3) is 0 Å². The van der Waals surface area contributed by atoms with Gasteiger partial charge in [0.25, 0.3) is 0 Å². The number of benzene rings is 1. The Morgan fingerprint density at radius 3 is 2.56 bits per heavy atom.